The van der Waals surface area contributed by atoms with Gasteiger partial charge in [-0.15, -0.1) is 0 Å². The zero-order valence-electron chi connectivity index (χ0n) is 16.3. The number of hydrogen-bond donors (Lipinski definition) is 0. The lowest BCUT2D eigenvalue weighted by atomic mass is 10.2. The van der Waals surface area contributed by atoms with Gasteiger partial charge < -0.3 is 14.2 Å². The molecule has 1 aliphatic rings. The van der Waals surface area contributed by atoms with Crippen LogP contribution in [0.5, 0.6) is 5.75 Å². The van der Waals surface area contributed by atoms with E-state index in [1.165, 1.54) is 11.6 Å². The molecule has 148 valence electrons. The van der Waals surface area contributed by atoms with Crippen LogP contribution in [0.25, 0.3) is 11.2 Å². The van der Waals surface area contributed by atoms with Crippen molar-refractivity contribution >= 4 is 16.9 Å². The maximum atomic E-state index is 12.6. The van der Waals surface area contributed by atoms with Crippen molar-refractivity contribution in [3.8, 4) is 5.75 Å². The van der Waals surface area contributed by atoms with Crippen molar-refractivity contribution in [2.45, 2.75) is 6.67 Å². The fraction of sp³-hybridized carbons (Fsp3) is 0.421. The van der Waals surface area contributed by atoms with Gasteiger partial charge in [-0.1, -0.05) is 12.1 Å². The molecule has 1 saturated heterocycles. The number of fused-ring (bicyclic) bond motifs is 1. The molecule has 0 unspecified atom stereocenters. The van der Waals surface area contributed by atoms with Gasteiger partial charge in [-0.3, -0.25) is 18.8 Å². The van der Waals surface area contributed by atoms with E-state index in [0.29, 0.717) is 17.8 Å². The third-order valence-corrected chi connectivity index (χ3v) is 5.37. The second-order valence-corrected chi connectivity index (χ2v) is 7.01. The molecule has 9 nitrogen and oxygen atoms in total. The van der Waals surface area contributed by atoms with Gasteiger partial charge in [0.25, 0.3) is 5.56 Å². The van der Waals surface area contributed by atoms with Gasteiger partial charge in [-0.05, 0) is 12.1 Å². The van der Waals surface area contributed by atoms with Gasteiger partial charge in [0, 0.05) is 40.3 Å². The van der Waals surface area contributed by atoms with Crippen LogP contribution in [0.4, 0.5) is 5.69 Å². The van der Waals surface area contributed by atoms with E-state index in [1.807, 2.05) is 22.8 Å². The first-order chi connectivity index (χ1) is 13.5. The Labute approximate surface area is 162 Å². The van der Waals surface area contributed by atoms with Crippen LogP contribution < -0.4 is 20.9 Å². The number of imidazole rings is 1. The summed E-state index contributed by atoms with van der Waals surface area (Å²) in [6.45, 7) is 3.99. The lowest BCUT2D eigenvalue weighted by Crippen LogP contribution is -2.47. The number of anilines is 1. The highest BCUT2D eigenvalue weighted by atomic mass is 16.5. The van der Waals surface area contributed by atoms with E-state index in [9.17, 15) is 9.59 Å². The van der Waals surface area contributed by atoms with Crippen LogP contribution in [0.3, 0.4) is 0 Å². The number of nitrogens with zero attached hydrogens (tertiary/aromatic N) is 6. The Morgan fingerprint density at radius 1 is 1.04 bits per heavy atom. The summed E-state index contributed by atoms with van der Waals surface area (Å²) in [6, 6.07) is 8.03. The Morgan fingerprint density at radius 2 is 1.75 bits per heavy atom. The minimum atomic E-state index is -0.367. The molecule has 0 amide bonds. The van der Waals surface area contributed by atoms with Gasteiger partial charge in [0.1, 0.15) is 5.75 Å². The number of aromatic nitrogens is 4. The van der Waals surface area contributed by atoms with Gasteiger partial charge in [-0.25, -0.2) is 9.78 Å². The molecule has 9 heteroatoms. The standard InChI is InChI=1S/C19H24N6O3/c1-21-17-16(18(26)22(2)19(21)27)25(12-20-17)13-23-8-10-24(11-9-23)14-6-4-5-7-15(14)28-3/h4-7,12H,8-11,13H2,1-3H3. The van der Waals surface area contributed by atoms with Crippen molar-refractivity contribution < 1.29 is 4.74 Å². The molecule has 3 aromatic rings. The minimum Gasteiger partial charge on any atom is -0.495 e. The van der Waals surface area contributed by atoms with E-state index >= 15 is 0 Å². The van der Waals surface area contributed by atoms with Crippen molar-refractivity contribution in [3.63, 3.8) is 0 Å². The topological polar surface area (TPSA) is 77.5 Å². The third-order valence-electron chi connectivity index (χ3n) is 5.37. The molecule has 4 rings (SSSR count). The molecule has 2 aromatic heterocycles. The maximum absolute atomic E-state index is 12.6. The summed E-state index contributed by atoms with van der Waals surface area (Å²) in [5, 5.41) is 0. The number of aryl methyl sites for hydroxylation is 1. The first kappa shape index (κ1) is 18.3. The highest BCUT2D eigenvalue weighted by Gasteiger charge is 2.21. The van der Waals surface area contributed by atoms with Gasteiger partial charge >= 0.3 is 5.69 Å². The third kappa shape index (κ3) is 2.97. The van der Waals surface area contributed by atoms with Gasteiger partial charge in [0.15, 0.2) is 11.2 Å². The molecule has 1 aliphatic heterocycles. The largest absolute Gasteiger partial charge is 0.495 e. The summed E-state index contributed by atoms with van der Waals surface area (Å²) >= 11 is 0. The van der Waals surface area contributed by atoms with Crippen LogP contribution in [0.1, 0.15) is 0 Å². The Morgan fingerprint density at radius 3 is 2.46 bits per heavy atom. The SMILES string of the molecule is COc1ccccc1N1CCN(Cn2cnc3c2c(=O)n(C)c(=O)n3C)CC1. The molecule has 0 spiro atoms. The van der Waals surface area contributed by atoms with Crippen LogP contribution >= 0.6 is 0 Å². The van der Waals surface area contributed by atoms with Crippen LogP contribution in [-0.2, 0) is 20.8 Å². The fourth-order valence-electron chi connectivity index (χ4n) is 3.74. The smallest absolute Gasteiger partial charge is 0.332 e. The second-order valence-electron chi connectivity index (χ2n) is 7.01. The molecule has 0 saturated carbocycles. The molecule has 1 fully saturated rings. The average Bonchev–Trinajstić information content (AvgIpc) is 3.15. The monoisotopic (exact) mass is 384 g/mol. The molecular weight excluding hydrogens is 360 g/mol. The summed E-state index contributed by atoms with van der Waals surface area (Å²) in [7, 11) is 4.81. The predicted octanol–water partition coefficient (Wildman–Crippen LogP) is 0.222. The number of rotatable bonds is 4. The van der Waals surface area contributed by atoms with Crippen LogP contribution in [0, 0.1) is 0 Å². The summed E-state index contributed by atoms with van der Waals surface area (Å²) < 4.78 is 9.84. The zero-order valence-corrected chi connectivity index (χ0v) is 16.3. The van der Waals surface area contributed by atoms with E-state index in [1.54, 1.807) is 20.5 Å². The van der Waals surface area contributed by atoms with Crippen LogP contribution in [0.15, 0.2) is 40.2 Å². The first-order valence-electron chi connectivity index (χ1n) is 9.22. The number of benzene rings is 1. The number of methoxy groups -OCH3 is 1. The lowest BCUT2D eigenvalue weighted by Gasteiger charge is -2.36. The van der Waals surface area contributed by atoms with Gasteiger partial charge in [0.05, 0.1) is 25.8 Å². The van der Waals surface area contributed by atoms with E-state index in [0.717, 1.165) is 42.2 Å². The molecule has 0 bridgehead atoms. The fourth-order valence-corrected chi connectivity index (χ4v) is 3.74. The molecular formula is C19H24N6O3. The molecule has 0 N–H and O–H groups in total. The van der Waals surface area contributed by atoms with Crippen molar-refractivity contribution in [2.75, 3.05) is 38.2 Å². The van der Waals surface area contributed by atoms with Crippen LogP contribution in [-0.4, -0.2) is 56.9 Å². The molecule has 0 atom stereocenters. The Balaban J connectivity index is 1.53. The maximum Gasteiger partial charge on any atom is 0.332 e. The van der Waals surface area contributed by atoms with E-state index < -0.39 is 0 Å². The quantitative estimate of drug-likeness (QED) is 0.641. The zero-order chi connectivity index (χ0) is 19.8. The second kappa shape index (κ2) is 7.16. The van der Waals surface area contributed by atoms with Gasteiger partial charge in [-0.2, -0.15) is 0 Å². The Bertz CT molecular complexity index is 1120. The molecule has 0 aliphatic carbocycles. The van der Waals surface area contributed by atoms with Gasteiger partial charge in [0.2, 0.25) is 0 Å². The van der Waals surface area contributed by atoms with Crippen molar-refractivity contribution in [2.24, 2.45) is 14.1 Å². The lowest BCUT2D eigenvalue weighted by molar-refractivity contribution is 0.208. The van der Waals surface area contributed by atoms with E-state index in [2.05, 4.69) is 20.9 Å². The van der Waals surface area contributed by atoms with Crippen molar-refractivity contribution in [1.29, 1.82) is 0 Å². The first-order valence-corrected chi connectivity index (χ1v) is 9.22. The van der Waals surface area contributed by atoms with Crippen molar-refractivity contribution in [1.82, 2.24) is 23.6 Å². The minimum absolute atomic E-state index is 0.316. The molecule has 1 aromatic carbocycles. The predicted molar refractivity (Wildman–Crippen MR) is 107 cm³/mol. The Hall–Kier alpha value is -3.07. The summed E-state index contributed by atoms with van der Waals surface area (Å²) in [5.74, 6) is 0.876. The van der Waals surface area contributed by atoms with Crippen molar-refractivity contribution in [3.05, 3.63) is 51.4 Å². The summed E-state index contributed by atoms with van der Waals surface area (Å²) in [5.41, 5.74) is 1.29. The van der Waals surface area contributed by atoms with E-state index in [-0.39, 0.29) is 11.2 Å². The number of para-hydroxylation sites is 2. The van der Waals surface area contributed by atoms with E-state index in [4.69, 9.17) is 4.74 Å². The normalized spacial score (nSPS) is 15.3. The molecule has 28 heavy (non-hydrogen) atoms. The number of ether oxygens (including phenoxy) is 1. The summed E-state index contributed by atoms with van der Waals surface area (Å²) in [4.78, 5) is 33.5. The molecule has 3 heterocycles. The highest BCUT2D eigenvalue weighted by Crippen LogP contribution is 2.28. The Kier molecular flexibility index (Phi) is 4.68. The van der Waals surface area contributed by atoms with Crippen LogP contribution in [0.2, 0.25) is 0 Å². The summed E-state index contributed by atoms with van der Waals surface area (Å²) in [6.07, 6.45) is 1.64. The number of piperazine rings is 1. The average molecular weight is 384 g/mol. The highest BCUT2D eigenvalue weighted by molar-refractivity contribution is 5.69. The molecule has 0 radical (unpaired) electrons. The number of hydrogen-bond acceptors (Lipinski definition) is 6.